The van der Waals surface area contributed by atoms with Gasteiger partial charge in [0, 0.05) is 19.6 Å². The number of hydrogen-bond acceptors (Lipinski definition) is 4. The van der Waals surface area contributed by atoms with Crippen molar-refractivity contribution in [3.63, 3.8) is 0 Å². The van der Waals surface area contributed by atoms with Crippen LogP contribution in [-0.2, 0) is 16.1 Å². The van der Waals surface area contributed by atoms with Gasteiger partial charge < -0.3 is 14.6 Å². The van der Waals surface area contributed by atoms with E-state index in [1.54, 1.807) is 4.68 Å². The average Bonchev–Trinajstić information content (AvgIpc) is 3.27. The van der Waals surface area contributed by atoms with E-state index in [1.807, 2.05) is 31.2 Å². The minimum absolute atomic E-state index is 0.136. The molecule has 1 aliphatic heterocycles. The number of amides is 1. The quantitative estimate of drug-likeness (QED) is 0.793. The number of rotatable bonds is 4. The number of anilines is 1. The van der Waals surface area contributed by atoms with Crippen molar-refractivity contribution >= 4 is 22.8 Å². The monoisotopic (exact) mass is 339 g/mol. The highest BCUT2D eigenvalue weighted by atomic mass is 16.5. The normalized spacial score (nSPS) is 17.3. The first-order valence-electron chi connectivity index (χ1n) is 8.53. The van der Waals surface area contributed by atoms with Crippen LogP contribution in [-0.4, -0.2) is 37.9 Å². The lowest BCUT2D eigenvalue weighted by Gasteiger charge is -2.15. The van der Waals surface area contributed by atoms with Gasteiger partial charge in [-0.15, -0.1) is 0 Å². The van der Waals surface area contributed by atoms with E-state index in [1.165, 1.54) is 6.92 Å². The molecule has 2 aromatic heterocycles. The van der Waals surface area contributed by atoms with E-state index in [0.717, 1.165) is 36.2 Å². The fourth-order valence-electron chi connectivity index (χ4n) is 3.32. The molecule has 1 amide bonds. The Morgan fingerprint density at radius 2 is 2.24 bits per heavy atom. The van der Waals surface area contributed by atoms with E-state index in [2.05, 4.69) is 21.0 Å². The Morgan fingerprint density at radius 3 is 3.00 bits per heavy atom. The molecule has 1 fully saturated rings. The summed E-state index contributed by atoms with van der Waals surface area (Å²) in [5.74, 6) is 1.17. The third-order valence-corrected chi connectivity index (χ3v) is 4.37. The van der Waals surface area contributed by atoms with Crippen molar-refractivity contribution in [3.05, 3.63) is 36.0 Å². The third-order valence-electron chi connectivity index (χ3n) is 4.37. The first-order valence-corrected chi connectivity index (χ1v) is 8.53. The summed E-state index contributed by atoms with van der Waals surface area (Å²) in [6.45, 7) is 4.91. The summed E-state index contributed by atoms with van der Waals surface area (Å²) in [5.41, 5.74) is 2.76. The van der Waals surface area contributed by atoms with Crippen LogP contribution < -0.4 is 5.32 Å². The van der Waals surface area contributed by atoms with E-state index in [0.29, 0.717) is 18.3 Å². The molecule has 0 aliphatic carbocycles. The molecule has 7 heteroatoms. The maximum atomic E-state index is 11.5. The molecular formula is C18H21N5O2. The number of nitrogens with one attached hydrogen (secondary N) is 1. The molecule has 3 heterocycles. The Hall–Kier alpha value is -2.67. The van der Waals surface area contributed by atoms with Gasteiger partial charge in [0.1, 0.15) is 5.82 Å². The molecule has 0 saturated carbocycles. The molecule has 1 aromatic carbocycles. The van der Waals surface area contributed by atoms with Crippen LogP contribution in [0.4, 0.5) is 5.82 Å². The Bertz CT molecular complexity index is 921. The topological polar surface area (TPSA) is 74.0 Å². The molecule has 25 heavy (non-hydrogen) atoms. The minimum Gasteiger partial charge on any atom is -0.376 e. The Kier molecular flexibility index (Phi) is 4.01. The highest BCUT2D eigenvalue weighted by Crippen LogP contribution is 2.25. The van der Waals surface area contributed by atoms with Gasteiger partial charge in [-0.25, -0.2) is 4.98 Å². The summed E-state index contributed by atoms with van der Waals surface area (Å²) < 4.78 is 9.65. The zero-order valence-corrected chi connectivity index (χ0v) is 14.4. The number of benzene rings is 1. The Labute approximate surface area is 145 Å². The van der Waals surface area contributed by atoms with Crippen molar-refractivity contribution in [2.75, 3.05) is 11.9 Å². The summed E-state index contributed by atoms with van der Waals surface area (Å²) in [6, 6.07) is 9.85. The second kappa shape index (κ2) is 6.33. The molecular weight excluding hydrogens is 318 g/mol. The number of para-hydroxylation sites is 2. The SMILES string of the molecule is CC(=O)Nc1cc(C)nn1-c1nc2ccccc2n1CC1CCCO1. The Morgan fingerprint density at radius 1 is 1.40 bits per heavy atom. The van der Waals surface area contributed by atoms with Gasteiger partial charge in [0.15, 0.2) is 0 Å². The number of aromatic nitrogens is 4. The second-order valence-corrected chi connectivity index (χ2v) is 6.41. The average molecular weight is 339 g/mol. The summed E-state index contributed by atoms with van der Waals surface area (Å²) in [5, 5.41) is 7.38. The zero-order valence-electron chi connectivity index (χ0n) is 14.4. The molecule has 0 spiro atoms. The third kappa shape index (κ3) is 3.02. The van der Waals surface area contributed by atoms with Gasteiger partial charge in [0.25, 0.3) is 0 Å². The lowest BCUT2D eigenvalue weighted by atomic mass is 10.2. The van der Waals surface area contributed by atoms with Crippen molar-refractivity contribution in [1.29, 1.82) is 0 Å². The molecule has 1 N–H and O–H groups in total. The van der Waals surface area contributed by atoms with Gasteiger partial charge in [0.2, 0.25) is 11.9 Å². The fraction of sp³-hybridized carbons (Fsp3) is 0.389. The molecule has 130 valence electrons. The van der Waals surface area contributed by atoms with Crippen LogP contribution in [0.2, 0.25) is 0 Å². The standard InChI is InChI=1S/C18H21N5O2/c1-12-10-17(19-13(2)24)23(21-12)18-20-15-7-3-4-8-16(15)22(18)11-14-6-5-9-25-14/h3-4,7-8,10,14H,5-6,9,11H2,1-2H3,(H,19,24). The molecule has 1 saturated heterocycles. The van der Waals surface area contributed by atoms with E-state index < -0.39 is 0 Å². The van der Waals surface area contributed by atoms with Crippen LogP contribution in [0, 0.1) is 6.92 Å². The van der Waals surface area contributed by atoms with Crippen LogP contribution in [0.15, 0.2) is 30.3 Å². The number of carbonyl (C=O) groups is 1. The van der Waals surface area contributed by atoms with Crippen molar-refractivity contribution < 1.29 is 9.53 Å². The van der Waals surface area contributed by atoms with E-state index in [4.69, 9.17) is 9.72 Å². The van der Waals surface area contributed by atoms with Crippen LogP contribution in [0.3, 0.4) is 0 Å². The highest BCUT2D eigenvalue weighted by molar-refractivity contribution is 5.88. The molecule has 1 atom stereocenters. The van der Waals surface area contributed by atoms with Crippen molar-refractivity contribution in [1.82, 2.24) is 19.3 Å². The van der Waals surface area contributed by atoms with Crippen LogP contribution in [0.25, 0.3) is 17.0 Å². The van der Waals surface area contributed by atoms with Gasteiger partial charge in [-0.3, -0.25) is 4.79 Å². The number of carbonyl (C=O) groups excluding carboxylic acids is 1. The predicted octanol–water partition coefficient (Wildman–Crippen LogP) is 2.67. The lowest BCUT2D eigenvalue weighted by Crippen LogP contribution is -2.19. The minimum atomic E-state index is -0.136. The van der Waals surface area contributed by atoms with Gasteiger partial charge >= 0.3 is 0 Å². The van der Waals surface area contributed by atoms with Crippen LogP contribution >= 0.6 is 0 Å². The predicted molar refractivity (Wildman–Crippen MR) is 94.9 cm³/mol. The van der Waals surface area contributed by atoms with Gasteiger partial charge in [-0.05, 0) is 31.9 Å². The molecule has 1 unspecified atom stereocenters. The summed E-state index contributed by atoms with van der Waals surface area (Å²) >= 11 is 0. The highest BCUT2D eigenvalue weighted by Gasteiger charge is 2.22. The summed E-state index contributed by atoms with van der Waals surface area (Å²) in [7, 11) is 0. The summed E-state index contributed by atoms with van der Waals surface area (Å²) in [4.78, 5) is 16.3. The van der Waals surface area contributed by atoms with Crippen molar-refractivity contribution in [3.8, 4) is 5.95 Å². The first kappa shape index (κ1) is 15.8. The molecule has 1 aliphatic rings. The molecule has 0 bridgehead atoms. The largest absolute Gasteiger partial charge is 0.376 e. The molecule has 7 nitrogen and oxygen atoms in total. The summed E-state index contributed by atoms with van der Waals surface area (Å²) in [6.07, 6.45) is 2.31. The maximum Gasteiger partial charge on any atom is 0.233 e. The number of fused-ring (bicyclic) bond motifs is 1. The maximum absolute atomic E-state index is 11.5. The fourth-order valence-corrected chi connectivity index (χ4v) is 3.32. The molecule has 4 rings (SSSR count). The first-order chi connectivity index (χ1) is 12.1. The molecule has 3 aromatic rings. The van der Waals surface area contributed by atoms with E-state index in [9.17, 15) is 4.79 Å². The number of nitrogens with zero attached hydrogens (tertiary/aromatic N) is 4. The number of hydrogen-bond donors (Lipinski definition) is 1. The van der Waals surface area contributed by atoms with Crippen LogP contribution in [0.1, 0.15) is 25.5 Å². The number of imidazole rings is 1. The van der Waals surface area contributed by atoms with Crippen molar-refractivity contribution in [2.45, 2.75) is 39.3 Å². The van der Waals surface area contributed by atoms with Crippen molar-refractivity contribution in [2.24, 2.45) is 0 Å². The van der Waals surface area contributed by atoms with Gasteiger partial charge in [-0.2, -0.15) is 9.78 Å². The van der Waals surface area contributed by atoms with Gasteiger partial charge in [-0.1, -0.05) is 12.1 Å². The smallest absolute Gasteiger partial charge is 0.233 e. The number of ether oxygens (including phenoxy) is 1. The zero-order chi connectivity index (χ0) is 17.4. The molecule has 0 radical (unpaired) electrons. The number of aryl methyl sites for hydroxylation is 1. The van der Waals surface area contributed by atoms with Crippen LogP contribution in [0.5, 0.6) is 0 Å². The second-order valence-electron chi connectivity index (χ2n) is 6.41. The van der Waals surface area contributed by atoms with E-state index in [-0.39, 0.29) is 12.0 Å². The van der Waals surface area contributed by atoms with Gasteiger partial charge in [0.05, 0.1) is 29.4 Å². The lowest BCUT2D eigenvalue weighted by molar-refractivity contribution is -0.114. The Balaban J connectivity index is 1.85. The van der Waals surface area contributed by atoms with E-state index >= 15 is 0 Å².